The van der Waals surface area contributed by atoms with Crippen LogP contribution in [0.3, 0.4) is 0 Å². The highest BCUT2D eigenvalue weighted by Crippen LogP contribution is 2.40. The highest BCUT2D eigenvalue weighted by atomic mass is 32.2. The Hall–Kier alpha value is -4.38. The first-order chi connectivity index (χ1) is 19.0. The molecule has 40 heavy (non-hydrogen) atoms. The lowest BCUT2D eigenvalue weighted by Crippen LogP contribution is -2.28. The maximum absolute atomic E-state index is 13.6. The number of imidazole rings is 1. The van der Waals surface area contributed by atoms with Gasteiger partial charge in [-0.2, -0.15) is 13.2 Å². The summed E-state index contributed by atoms with van der Waals surface area (Å²) in [6.07, 6.45) is -3.10. The van der Waals surface area contributed by atoms with Gasteiger partial charge < -0.3 is 24.1 Å². The van der Waals surface area contributed by atoms with Crippen molar-refractivity contribution < 1.29 is 31.1 Å². The van der Waals surface area contributed by atoms with E-state index in [0.717, 1.165) is 6.26 Å². The van der Waals surface area contributed by atoms with Crippen LogP contribution in [0.1, 0.15) is 11.4 Å². The number of likely N-dealkylation sites (N-methyl/N-ethyl adjacent to an activating group) is 1. The van der Waals surface area contributed by atoms with Crippen LogP contribution in [0, 0.1) is 11.8 Å². The second-order valence-electron chi connectivity index (χ2n) is 9.13. The standard InChI is InChI=1S/C26H25F3N6O4S/c1-34-12-13-39-25-23(34)22(32-33-25)17-6-5-11-35-20(15-26(27,28)29)18(31-24(17)35)7-4-10-30-19-9-8-16(40(3,36)37)14-21(19)38-2/h5-6,8-9,11,14,30H,10,12-13,15H2,1-3H3,(H,32,33). The molecule has 10 nitrogen and oxygen atoms in total. The fourth-order valence-electron chi connectivity index (χ4n) is 4.44. The number of nitrogens with zero attached hydrogens (tertiary/aromatic N) is 4. The number of benzene rings is 1. The molecule has 3 aromatic heterocycles. The second-order valence-corrected chi connectivity index (χ2v) is 11.1. The molecule has 4 heterocycles. The molecule has 0 aliphatic carbocycles. The Morgan fingerprint density at radius 2 is 2.08 bits per heavy atom. The first-order valence-corrected chi connectivity index (χ1v) is 14.0. The molecule has 1 aliphatic heterocycles. The van der Waals surface area contributed by atoms with Gasteiger partial charge in [0.25, 0.3) is 5.88 Å². The van der Waals surface area contributed by atoms with Crippen molar-refractivity contribution in [2.75, 3.05) is 50.3 Å². The zero-order valence-corrected chi connectivity index (χ0v) is 22.6. The van der Waals surface area contributed by atoms with Crippen LogP contribution in [-0.2, 0) is 16.3 Å². The molecule has 0 bridgehead atoms. The largest absolute Gasteiger partial charge is 0.495 e. The van der Waals surface area contributed by atoms with Crippen LogP contribution in [0.2, 0.25) is 0 Å². The Morgan fingerprint density at radius 3 is 2.80 bits per heavy atom. The third kappa shape index (κ3) is 5.37. The Bertz CT molecular complexity index is 1750. The van der Waals surface area contributed by atoms with Gasteiger partial charge in [-0.05, 0) is 30.2 Å². The number of anilines is 2. The number of halogens is 3. The van der Waals surface area contributed by atoms with Crippen molar-refractivity contribution >= 4 is 26.9 Å². The summed E-state index contributed by atoms with van der Waals surface area (Å²) < 4.78 is 76.7. The summed E-state index contributed by atoms with van der Waals surface area (Å²) in [5, 5.41) is 10.2. The maximum Gasteiger partial charge on any atom is 0.394 e. The number of fused-ring (bicyclic) bond motifs is 2. The summed E-state index contributed by atoms with van der Waals surface area (Å²) in [6.45, 7) is 1.14. The Kier molecular flexibility index (Phi) is 7.01. The molecule has 0 unspecified atom stereocenters. The quantitative estimate of drug-likeness (QED) is 0.337. The zero-order valence-electron chi connectivity index (χ0n) is 21.8. The normalized spacial score (nSPS) is 13.4. The van der Waals surface area contributed by atoms with Gasteiger partial charge in [0.15, 0.2) is 9.84 Å². The van der Waals surface area contributed by atoms with Gasteiger partial charge in [-0.1, -0.05) is 5.92 Å². The summed E-state index contributed by atoms with van der Waals surface area (Å²) in [4.78, 5) is 6.56. The van der Waals surface area contributed by atoms with Crippen molar-refractivity contribution in [1.29, 1.82) is 0 Å². The summed E-state index contributed by atoms with van der Waals surface area (Å²) >= 11 is 0. The monoisotopic (exact) mass is 574 g/mol. The molecule has 0 radical (unpaired) electrons. The number of ether oxygens (including phenoxy) is 2. The van der Waals surface area contributed by atoms with Crippen LogP contribution in [-0.4, -0.2) is 74.3 Å². The van der Waals surface area contributed by atoms with Gasteiger partial charge >= 0.3 is 6.18 Å². The van der Waals surface area contributed by atoms with E-state index in [-0.39, 0.29) is 28.6 Å². The Labute approximate surface area is 228 Å². The number of hydrogen-bond acceptors (Lipinski definition) is 8. The molecule has 210 valence electrons. The maximum atomic E-state index is 13.6. The zero-order chi connectivity index (χ0) is 28.7. The van der Waals surface area contributed by atoms with Gasteiger partial charge in [0.2, 0.25) is 0 Å². The fraction of sp³-hybridized carbons (Fsp3) is 0.308. The van der Waals surface area contributed by atoms with Gasteiger partial charge in [0, 0.05) is 31.1 Å². The number of H-pyrrole nitrogens is 1. The van der Waals surface area contributed by atoms with E-state index in [4.69, 9.17) is 9.47 Å². The van der Waals surface area contributed by atoms with E-state index in [9.17, 15) is 21.6 Å². The third-order valence-corrected chi connectivity index (χ3v) is 7.43. The van der Waals surface area contributed by atoms with Gasteiger partial charge in [-0.3, -0.25) is 5.10 Å². The van der Waals surface area contributed by atoms with Crippen molar-refractivity contribution in [3.63, 3.8) is 0 Å². The molecular formula is C26H25F3N6O4S. The average molecular weight is 575 g/mol. The SMILES string of the molecule is COc1cc(S(C)(=O)=O)ccc1NCC#Cc1nc2c(-c3[nH]nc4c3N(C)CCO4)cccn2c1CC(F)(F)F. The highest BCUT2D eigenvalue weighted by molar-refractivity contribution is 7.90. The van der Waals surface area contributed by atoms with Crippen LogP contribution in [0.15, 0.2) is 41.4 Å². The first kappa shape index (κ1) is 27.2. The predicted octanol–water partition coefficient (Wildman–Crippen LogP) is 3.53. The molecule has 0 atom stereocenters. The minimum Gasteiger partial charge on any atom is -0.495 e. The van der Waals surface area contributed by atoms with Crippen LogP contribution in [0.5, 0.6) is 11.6 Å². The topological polar surface area (TPSA) is 114 Å². The Morgan fingerprint density at radius 1 is 1.27 bits per heavy atom. The highest BCUT2D eigenvalue weighted by Gasteiger charge is 2.32. The lowest BCUT2D eigenvalue weighted by molar-refractivity contribution is -0.128. The number of hydrogen-bond donors (Lipinski definition) is 2. The number of rotatable bonds is 6. The number of nitrogens with one attached hydrogen (secondary N) is 2. The van der Waals surface area contributed by atoms with Crippen molar-refractivity contribution in [2.45, 2.75) is 17.5 Å². The van der Waals surface area contributed by atoms with E-state index in [0.29, 0.717) is 47.3 Å². The first-order valence-electron chi connectivity index (χ1n) is 12.1. The Balaban J connectivity index is 1.50. The van der Waals surface area contributed by atoms with Crippen LogP contribution < -0.4 is 19.7 Å². The van der Waals surface area contributed by atoms with Crippen molar-refractivity contribution in [3.05, 3.63) is 47.9 Å². The number of aromatic amines is 1. The van der Waals surface area contributed by atoms with Crippen LogP contribution in [0.25, 0.3) is 16.9 Å². The molecule has 0 spiro atoms. The van der Waals surface area contributed by atoms with E-state index >= 15 is 0 Å². The van der Waals surface area contributed by atoms with Gasteiger partial charge in [0.1, 0.15) is 29.4 Å². The minimum atomic E-state index is -4.49. The summed E-state index contributed by atoms with van der Waals surface area (Å²) in [7, 11) is -0.145. The molecule has 4 aromatic rings. The van der Waals surface area contributed by atoms with Gasteiger partial charge in [-0.25, -0.2) is 13.4 Å². The van der Waals surface area contributed by atoms with Gasteiger partial charge in [-0.15, -0.1) is 5.10 Å². The number of methoxy groups -OCH3 is 1. The van der Waals surface area contributed by atoms with E-state index in [2.05, 4.69) is 32.3 Å². The molecule has 1 aliphatic rings. The van der Waals surface area contributed by atoms with Crippen LogP contribution >= 0.6 is 0 Å². The summed E-state index contributed by atoms with van der Waals surface area (Å²) in [6, 6.07) is 7.74. The molecule has 1 aromatic carbocycles. The second kappa shape index (κ2) is 10.3. The molecule has 0 fully saturated rings. The number of pyridine rings is 1. The van der Waals surface area contributed by atoms with E-state index in [1.807, 2.05) is 11.9 Å². The van der Waals surface area contributed by atoms with Crippen molar-refractivity contribution in [2.24, 2.45) is 0 Å². The third-order valence-electron chi connectivity index (χ3n) is 6.32. The van der Waals surface area contributed by atoms with Gasteiger partial charge in [0.05, 0.1) is 48.6 Å². The van der Waals surface area contributed by atoms with E-state index < -0.39 is 22.4 Å². The number of aromatic nitrogens is 4. The number of sulfone groups is 1. The molecule has 14 heteroatoms. The molecule has 5 rings (SSSR count). The van der Waals surface area contributed by atoms with Crippen molar-refractivity contribution in [3.8, 4) is 34.7 Å². The summed E-state index contributed by atoms with van der Waals surface area (Å²) in [5.41, 5.74) is 2.51. The lowest BCUT2D eigenvalue weighted by Gasteiger charge is -2.24. The van der Waals surface area contributed by atoms with E-state index in [1.165, 1.54) is 35.9 Å². The minimum absolute atomic E-state index is 0.0102. The van der Waals surface area contributed by atoms with E-state index in [1.54, 1.807) is 12.1 Å². The fourth-order valence-corrected chi connectivity index (χ4v) is 5.08. The molecular weight excluding hydrogens is 549 g/mol. The molecule has 0 saturated carbocycles. The van der Waals surface area contributed by atoms with Crippen molar-refractivity contribution in [1.82, 2.24) is 19.6 Å². The average Bonchev–Trinajstić information content (AvgIpc) is 3.47. The molecule has 2 N–H and O–H groups in total. The van der Waals surface area contributed by atoms with Crippen LogP contribution in [0.4, 0.5) is 24.5 Å². The smallest absolute Gasteiger partial charge is 0.394 e. The molecule has 0 amide bonds. The summed E-state index contributed by atoms with van der Waals surface area (Å²) in [5.74, 6) is 6.29. The molecule has 0 saturated heterocycles. The lowest BCUT2D eigenvalue weighted by atomic mass is 10.1. The number of alkyl halides is 3. The predicted molar refractivity (Wildman–Crippen MR) is 143 cm³/mol.